The number of hydrogen-bond donors (Lipinski definition) is 3. The summed E-state index contributed by atoms with van der Waals surface area (Å²) in [7, 11) is 14.2. The van der Waals surface area contributed by atoms with E-state index in [1.54, 1.807) is 0 Å². The van der Waals surface area contributed by atoms with Crippen molar-refractivity contribution in [1.82, 2.24) is 44.9 Å². The van der Waals surface area contributed by atoms with E-state index >= 15 is 0 Å². The summed E-state index contributed by atoms with van der Waals surface area (Å²) in [6.45, 7) is 49.4. The summed E-state index contributed by atoms with van der Waals surface area (Å²) >= 11 is 0. The molecule has 19 nitrogen and oxygen atoms in total. The zero-order chi connectivity index (χ0) is 65.8. The first-order valence-corrected chi connectivity index (χ1v) is 32.7. The first-order chi connectivity index (χ1) is 41.3. The molecule has 0 saturated carbocycles. The molecule has 0 aliphatic carbocycles. The lowest BCUT2D eigenvalue weighted by molar-refractivity contribution is -0.146. The molecule has 8 rings (SSSR count). The molecule has 14 atom stereocenters. The van der Waals surface area contributed by atoms with Gasteiger partial charge in [0, 0.05) is 117 Å². The quantitative estimate of drug-likeness (QED) is 0.0699. The van der Waals surface area contributed by atoms with Gasteiger partial charge in [-0.3, -0.25) is 29.0 Å². The van der Waals surface area contributed by atoms with Gasteiger partial charge in [0.05, 0.1) is 52.1 Å². The maximum Gasteiger partial charge on any atom is 0.310 e. The molecule has 3 N–H and O–H groups in total. The van der Waals surface area contributed by atoms with E-state index in [4.69, 9.17) is 14.6 Å². The molecule has 7 heterocycles. The third-order valence-electron chi connectivity index (χ3n) is 18.4. The fourth-order valence-electron chi connectivity index (χ4n) is 12.8. The first-order valence-electron chi connectivity index (χ1n) is 32.7. The van der Waals surface area contributed by atoms with Gasteiger partial charge in [-0.2, -0.15) is 0 Å². The lowest BCUT2D eigenvalue weighted by atomic mass is 9.98. The van der Waals surface area contributed by atoms with Crippen LogP contribution in [-0.2, 0) is 49.5 Å². The van der Waals surface area contributed by atoms with Crippen molar-refractivity contribution in [3.05, 3.63) is 48.6 Å². The maximum absolute atomic E-state index is 11.6. The maximum atomic E-state index is 11.6. The number of aliphatic hydroxyl groups is 1. The first kappa shape index (κ1) is 84.1. The summed E-state index contributed by atoms with van der Waals surface area (Å²) in [5, 5.41) is 15.1. The Morgan fingerprint density at radius 1 is 0.557 bits per heavy atom. The average Bonchev–Trinajstić information content (AvgIpc) is 4.50. The van der Waals surface area contributed by atoms with Crippen molar-refractivity contribution in [2.24, 2.45) is 82.9 Å². The van der Waals surface area contributed by atoms with Crippen molar-refractivity contribution in [2.75, 3.05) is 194 Å². The number of carbonyl (C=O) groups excluding carboxylic acids is 5. The minimum atomic E-state index is -0.0856. The molecule has 0 aromatic heterocycles. The lowest BCUT2D eigenvalue weighted by Crippen LogP contribution is -2.32. The highest BCUT2D eigenvalue weighted by atomic mass is 16.5. The number of aliphatic hydroxyl groups excluding tert-OH is 1. The van der Waals surface area contributed by atoms with Crippen molar-refractivity contribution in [1.29, 1.82) is 0 Å². The van der Waals surface area contributed by atoms with Gasteiger partial charge in [0.2, 0.25) is 0 Å². The summed E-state index contributed by atoms with van der Waals surface area (Å²) in [5.41, 5.74) is 1.30. The topological polar surface area (TPSA) is 189 Å². The molecule has 88 heavy (non-hydrogen) atoms. The van der Waals surface area contributed by atoms with E-state index in [2.05, 4.69) is 170 Å². The number of rotatable bonds is 16. The van der Waals surface area contributed by atoms with E-state index in [0.29, 0.717) is 48.0 Å². The molecular formula is C69H131N9O10. The minimum Gasteiger partial charge on any atom is -0.469 e. The summed E-state index contributed by atoms with van der Waals surface area (Å²) in [4.78, 5) is 71.5. The van der Waals surface area contributed by atoms with E-state index in [1.165, 1.54) is 66.7 Å². The molecule has 1 aromatic rings. The predicted octanol–water partition coefficient (Wildman–Crippen LogP) is 6.55. The minimum absolute atomic E-state index is 0. The molecule has 19 heteroatoms. The normalized spacial score (nSPS) is 29.3. The average molecular weight is 1250 g/mol. The van der Waals surface area contributed by atoms with E-state index < -0.39 is 0 Å². The summed E-state index contributed by atoms with van der Waals surface area (Å²) in [6.07, 6.45) is 2.94. The van der Waals surface area contributed by atoms with Crippen molar-refractivity contribution in [3.63, 3.8) is 0 Å². The molecule has 7 fully saturated rings. The van der Waals surface area contributed by atoms with Gasteiger partial charge in [0.15, 0.2) is 0 Å². The Morgan fingerprint density at radius 2 is 0.977 bits per heavy atom. The zero-order valence-corrected chi connectivity index (χ0v) is 58.1. The molecule has 0 spiro atoms. The number of nitrogens with one attached hydrogen (secondary N) is 2. The highest BCUT2D eigenvalue weighted by Crippen LogP contribution is 2.27. The Kier molecular flexibility index (Phi) is 45.0. The molecule has 0 bridgehead atoms. The lowest BCUT2D eigenvalue weighted by Gasteiger charge is -2.24. The number of nitrogens with zero attached hydrogens (tertiary/aromatic N) is 7. The van der Waals surface area contributed by atoms with Crippen LogP contribution in [0.3, 0.4) is 0 Å². The standard InChI is InChI=1S/C14H19NO2.C11H24N2.C10H17NO2.C8H15NO2.C7H13NO2.C7H15NO.C7H13NO.C4H11N.CH4/c1-11-8-15(10-13(11)14(16)17-2)9-12-6-4-3-5-7-12;1-5-13(6-2)9-11-8-12(4)7-10(11)3;1-4-5-11-6-8(2)9(7-11)10(12)13-3;1-6-4-9(2)5-7(6)8(10)11-3;1-5-3-8-4-6(5)7(9)10-2;2*1-6-3-8(2)4-7(6)5-9;1-3-5-4-2;/h3-7,11,13H,8-10H2,1-2H3;10-11H,5-9H2,1-4H3;4,8-9H,1,5-7H2,2-3H3;6-7H,4-5H2,1-3H3;5-6,8H,3-4H2,1-2H3;6-7,9H,3-5H2,1-2H3;5-7H,3-4H2,1-2H3;5H,3-4H2,1-2H3;1H4. The van der Waals surface area contributed by atoms with Crippen molar-refractivity contribution in [2.45, 2.75) is 90.1 Å². The summed E-state index contributed by atoms with van der Waals surface area (Å²) < 4.78 is 18.9. The number of hydrogen-bond acceptors (Lipinski definition) is 19. The monoisotopic (exact) mass is 1250 g/mol. The Hall–Kier alpha value is -3.89. The van der Waals surface area contributed by atoms with Gasteiger partial charge in [0.25, 0.3) is 0 Å². The number of aldehydes is 1. The number of esters is 4. The number of methoxy groups -OCH3 is 4. The second-order valence-electron chi connectivity index (χ2n) is 26.0. The van der Waals surface area contributed by atoms with Crippen LogP contribution in [-0.4, -0.2) is 264 Å². The molecule has 0 radical (unpaired) electrons. The van der Waals surface area contributed by atoms with E-state index in [9.17, 15) is 24.0 Å². The Bertz CT molecular complexity index is 2020. The van der Waals surface area contributed by atoms with Gasteiger partial charge < -0.3 is 64.0 Å². The van der Waals surface area contributed by atoms with E-state index in [-0.39, 0.29) is 60.9 Å². The highest BCUT2D eigenvalue weighted by Gasteiger charge is 2.37. The molecule has 14 unspecified atom stereocenters. The fraction of sp³-hybridized carbons (Fsp3) is 0.812. The van der Waals surface area contributed by atoms with Gasteiger partial charge in [-0.05, 0) is 120 Å². The molecule has 7 aliphatic rings. The molecule has 512 valence electrons. The van der Waals surface area contributed by atoms with Crippen LogP contribution < -0.4 is 10.6 Å². The number of benzene rings is 1. The van der Waals surface area contributed by atoms with Crippen LogP contribution in [0.15, 0.2) is 43.0 Å². The summed E-state index contributed by atoms with van der Waals surface area (Å²) in [6, 6.07) is 10.4. The van der Waals surface area contributed by atoms with Crippen molar-refractivity contribution in [3.8, 4) is 0 Å². The second kappa shape index (κ2) is 47.1. The number of likely N-dealkylation sites (tertiary alicyclic amines) is 6. The van der Waals surface area contributed by atoms with Gasteiger partial charge in [-0.15, -0.1) is 6.58 Å². The Balaban J connectivity index is 0.000000998. The molecule has 1 aromatic carbocycles. The van der Waals surface area contributed by atoms with Crippen molar-refractivity contribution < 1.29 is 48.0 Å². The van der Waals surface area contributed by atoms with Crippen LogP contribution in [0, 0.1) is 82.9 Å². The van der Waals surface area contributed by atoms with E-state index in [1.807, 2.05) is 31.3 Å². The SMILES string of the molecule is C.C=CCN1CC(C)C(C(=O)OC)C1.CC1CN(C)CC1C=O.CC1CN(C)CC1CO.CCN(CC)CC1CN(C)CC1C.CCNCC.COC(=O)C1CN(C)CC1C.COC(=O)C1CN(Cc2ccccc2)CC1C.COC(=O)C1CNCC1C. The third kappa shape index (κ3) is 31.4. The third-order valence-corrected chi connectivity index (χ3v) is 18.4. The molecule has 0 amide bonds. The highest BCUT2D eigenvalue weighted by molar-refractivity contribution is 5.74. The Labute approximate surface area is 536 Å². The van der Waals surface area contributed by atoms with Crippen LogP contribution in [0.4, 0.5) is 0 Å². The van der Waals surface area contributed by atoms with Crippen LogP contribution >= 0.6 is 0 Å². The summed E-state index contributed by atoms with van der Waals surface area (Å²) in [5.74, 6) is 5.39. The zero-order valence-electron chi connectivity index (χ0n) is 58.1. The predicted molar refractivity (Wildman–Crippen MR) is 360 cm³/mol. The number of carbonyl (C=O) groups is 5. The van der Waals surface area contributed by atoms with Crippen LogP contribution in [0.25, 0.3) is 0 Å². The van der Waals surface area contributed by atoms with Crippen LogP contribution in [0.2, 0.25) is 0 Å². The van der Waals surface area contributed by atoms with Crippen LogP contribution in [0.1, 0.15) is 89.2 Å². The van der Waals surface area contributed by atoms with Gasteiger partial charge in [0.1, 0.15) is 6.29 Å². The molecule has 7 aliphatic heterocycles. The van der Waals surface area contributed by atoms with Gasteiger partial charge in [-0.25, -0.2) is 0 Å². The van der Waals surface area contributed by atoms with E-state index in [0.717, 1.165) is 123 Å². The van der Waals surface area contributed by atoms with Gasteiger partial charge in [-0.1, -0.05) is 120 Å². The van der Waals surface area contributed by atoms with Gasteiger partial charge >= 0.3 is 23.9 Å². The Morgan fingerprint density at radius 3 is 1.32 bits per heavy atom. The largest absolute Gasteiger partial charge is 0.469 e. The van der Waals surface area contributed by atoms with Crippen molar-refractivity contribution >= 4 is 30.2 Å². The molecular weight excluding hydrogens is 1110 g/mol. The van der Waals surface area contributed by atoms with Crippen LogP contribution in [0.5, 0.6) is 0 Å². The molecule has 7 saturated heterocycles. The second-order valence-corrected chi connectivity index (χ2v) is 26.0. The number of ether oxygens (including phenoxy) is 4. The fourth-order valence-corrected chi connectivity index (χ4v) is 12.8. The smallest absolute Gasteiger partial charge is 0.310 e.